The van der Waals surface area contributed by atoms with Crippen LogP contribution in [-0.2, 0) is 11.8 Å². The number of carbonyl (C=O) groups is 1. The maximum atomic E-state index is 11.6. The van der Waals surface area contributed by atoms with Gasteiger partial charge >= 0.3 is 0 Å². The molecular weight excluding hydrogens is 270 g/mol. The number of aromatic nitrogens is 2. The lowest BCUT2D eigenvalue weighted by Crippen LogP contribution is -2.14. The van der Waals surface area contributed by atoms with E-state index in [4.69, 9.17) is 0 Å². The second-order valence-corrected chi connectivity index (χ2v) is 4.68. The zero-order valence-electron chi connectivity index (χ0n) is 9.79. The van der Waals surface area contributed by atoms with Crippen LogP contribution in [0.15, 0.2) is 10.7 Å². The highest BCUT2D eigenvalue weighted by atomic mass is 79.9. The molecule has 1 N–H and O–H groups in total. The summed E-state index contributed by atoms with van der Waals surface area (Å²) in [7, 11) is 1.80. The monoisotopic (exact) mass is 287 g/mol. The molecule has 0 saturated heterocycles. The topological polar surface area (TPSA) is 46.9 Å². The summed E-state index contributed by atoms with van der Waals surface area (Å²) in [6, 6.07) is 0. The van der Waals surface area contributed by atoms with Crippen LogP contribution in [0.2, 0.25) is 0 Å². The summed E-state index contributed by atoms with van der Waals surface area (Å²) < 4.78 is 2.46. The van der Waals surface area contributed by atoms with E-state index in [9.17, 15) is 4.79 Å². The molecule has 0 aliphatic carbocycles. The molecule has 1 heterocycles. The maximum absolute atomic E-state index is 11.6. The SMILES string of the molecule is CCCCCCC(=O)Nc1c(Br)cnn1C. The van der Waals surface area contributed by atoms with Crippen LogP contribution in [0.1, 0.15) is 39.0 Å². The van der Waals surface area contributed by atoms with E-state index in [0.29, 0.717) is 6.42 Å². The number of nitrogens with zero attached hydrogens (tertiary/aromatic N) is 2. The van der Waals surface area contributed by atoms with Gasteiger partial charge < -0.3 is 5.32 Å². The van der Waals surface area contributed by atoms with Gasteiger partial charge in [0.25, 0.3) is 0 Å². The average Bonchev–Trinajstić information content (AvgIpc) is 2.56. The van der Waals surface area contributed by atoms with Crippen molar-refractivity contribution in [3.05, 3.63) is 10.7 Å². The molecule has 0 bridgehead atoms. The van der Waals surface area contributed by atoms with Crippen LogP contribution in [0.25, 0.3) is 0 Å². The van der Waals surface area contributed by atoms with Gasteiger partial charge in [-0.3, -0.25) is 9.48 Å². The Kier molecular flexibility index (Phi) is 5.52. The van der Waals surface area contributed by atoms with Crippen molar-refractivity contribution < 1.29 is 4.79 Å². The summed E-state index contributed by atoms with van der Waals surface area (Å²) >= 11 is 3.34. The number of carbonyl (C=O) groups excluding carboxylic acids is 1. The molecule has 1 aromatic rings. The van der Waals surface area contributed by atoms with Crippen LogP contribution in [0.3, 0.4) is 0 Å². The molecule has 0 aliphatic heterocycles. The molecule has 4 nitrogen and oxygen atoms in total. The Bertz CT molecular complexity index is 329. The van der Waals surface area contributed by atoms with Crippen molar-refractivity contribution in [3.63, 3.8) is 0 Å². The fourth-order valence-corrected chi connectivity index (χ4v) is 1.91. The van der Waals surface area contributed by atoms with Crippen molar-refractivity contribution in [2.45, 2.75) is 39.0 Å². The Morgan fingerprint density at radius 3 is 2.81 bits per heavy atom. The molecule has 0 radical (unpaired) electrons. The van der Waals surface area contributed by atoms with Crippen LogP contribution in [0, 0.1) is 0 Å². The zero-order chi connectivity index (χ0) is 12.0. The highest BCUT2D eigenvalue weighted by Gasteiger charge is 2.09. The van der Waals surface area contributed by atoms with Crippen molar-refractivity contribution in [1.29, 1.82) is 0 Å². The largest absolute Gasteiger partial charge is 0.310 e. The number of anilines is 1. The minimum atomic E-state index is 0.0559. The third kappa shape index (κ3) is 3.96. The van der Waals surface area contributed by atoms with Crippen molar-refractivity contribution in [2.24, 2.45) is 7.05 Å². The highest BCUT2D eigenvalue weighted by molar-refractivity contribution is 9.10. The van der Waals surface area contributed by atoms with E-state index in [1.165, 1.54) is 12.8 Å². The lowest BCUT2D eigenvalue weighted by atomic mass is 10.1. The van der Waals surface area contributed by atoms with E-state index in [0.717, 1.165) is 23.1 Å². The van der Waals surface area contributed by atoms with Gasteiger partial charge in [0.1, 0.15) is 5.82 Å². The molecule has 0 spiro atoms. The summed E-state index contributed by atoms with van der Waals surface area (Å²) in [4.78, 5) is 11.6. The number of rotatable bonds is 6. The first-order chi connectivity index (χ1) is 7.65. The summed E-state index contributed by atoms with van der Waals surface area (Å²) in [5.74, 6) is 0.779. The summed E-state index contributed by atoms with van der Waals surface area (Å²) in [5.41, 5.74) is 0. The van der Waals surface area contributed by atoms with Gasteiger partial charge in [0.15, 0.2) is 0 Å². The number of hydrogen-bond acceptors (Lipinski definition) is 2. The van der Waals surface area contributed by atoms with E-state index in [-0.39, 0.29) is 5.91 Å². The molecule has 1 amide bonds. The minimum Gasteiger partial charge on any atom is -0.310 e. The molecule has 0 atom stereocenters. The van der Waals surface area contributed by atoms with Gasteiger partial charge in [0.05, 0.1) is 10.7 Å². The van der Waals surface area contributed by atoms with Crippen LogP contribution >= 0.6 is 15.9 Å². The molecule has 0 saturated carbocycles. The van der Waals surface area contributed by atoms with Gasteiger partial charge in [-0.2, -0.15) is 5.10 Å². The Hall–Kier alpha value is -0.840. The second-order valence-electron chi connectivity index (χ2n) is 3.82. The predicted molar refractivity (Wildman–Crippen MR) is 68.3 cm³/mol. The Morgan fingerprint density at radius 1 is 1.50 bits per heavy atom. The van der Waals surface area contributed by atoms with Gasteiger partial charge in [-0.05, 0) is 22.4 Å². The number of aryl methyl sites for hydroxylation is 1. The molecule has 0 aliphatic rings. The van der Waals surface area contributed by atoms with Crippen LogP contribution < -0.4 is 5.32 Å². The van der Waals surface area contributed by atoms with E-state index in [2.05, 4.69) is 33.3 Å². The molecule has 16 heavy (non-hydrogen) atoms. The first-order valence-corrected chi connectivity index (χ1v) is 6.41. The fourth-order valence-electron chi connectivity index (χ4n) is 1.46. The minimum absolute atomic E-state index is 0.0559. The van der Waals surface area contributed by atoms with E-state index in [1.54, 1.807) is 17.9 Å². The van der Waals surface area contributed by atoms with Crippen molar-refractivity contribution >= 4 is 27.7 Å². The highest BCUT2D eigenvalue weighted by Crippen LogP contribution is 2.20. The molecular formula is C11H18BrN3O. The number of nitrogens with one attached hydrogen (secondary N) is 1. The maximum Gasteiger partial charge on any atom is 0.225 e. The standard InChI is InChI=1S/C11H18BrN3O/c1-3-4-5-6-7-10(16)14-11-9(12)8-13-15(11)2/h8H,3-7H2,1-2H3,(H,14,16). The quantitative estimate of drug-likeness (QED) is 0.818. The Labute approximate surface area is 105 Å². The van der Waals surface area contributed by atoms with Crippen LogP contribution in [-0.4, -0.2) is 15.7 Å². The molecule has 1 rings (SSSR count). The molecule has 0 unspecified atom stereocenters. The average molecular weight is 288 g/mol. The molecule has 0 aromatic carbocycles. The second kappa shape index (κ2) is 6.68. The van der Waals surface area contributed by atoms with E-state index in [1.807, 2.05) is 0 Å². The van der Waals surface area contributed by atoms with Gasteiger partial charge in [0, 0.05) is 13.5 Å². The third-order valence-corrected chi connectivity index (χ3v) is 2.99. The van der Waals surface area contributed by atoms with E-state index >= 15 is 0 Å². The lowest BCUT2D eigenvalue weighted by molar-refractivity contribution is -0.116. The van der Waals surface area contributed by atoms with Gasteiger partial charge in [-0.15, -0.1) is 0 Å². The van der Waals surface area contributed by atoms with E-state index < -0.39 is 0 Å². The van der Waals surface area contributed by atoms with Crippen molar-refractivity contribution in [2.75, 3.05) is 5.32 Å². The molecule has 5 heteroatoms. The number of hydrogen-bond donors (Lipinski definition) is 1. The van der Waals surface area contributed by atoms with Gasteiger partial charge in [-0.25, -0.2) is 0 Å². The Morgan fingerprint density at radius 2 is 2.25 bits per heavy atom. The Balaban J connectivity index is 2.34. The summed E-state index contributed by atoms with van der Waals surface area (Å²) in [6.07, 6.45) is 6.72. The normalized spacial score (nSPS) is 10.4. The van der Waals surface area contributed by atoms with Crippen LogP contribution in [0.5, 0.6) is 0 Å². The van der Waals surface area contributed by atoms with Gasteiger partial charge in [-0.1, -0.05) is 26.2 Å². The number of halogens is 1. The van der Waals surface area contributed by atoms with Gasteiger partial charge in [0.2, 0.25) is 5.91 Å². The summed E-state index contributed by atoms with van der Waals surface area (Å²) in [5, 5.41) is 6.88. The predicted octanol–water partition coefficient (Wildman–Crippen LogP) is 3.09. The molecule has 1 aromatic heterocycles. The lowest BCUT2D eigenvalue weighted by Gasteiger charge is -2.05. The van der Waals surface area contributed by atoms with Crippen molar-refractivity contribution in [3.8, 4) is 0 Å². The zero-order valence-corrected chi connectivity index (χ0v) is 11.4. The first kappa shape index (κ1) is 13.2. The third-order valence-electron chi connectivity index (χ3n) is 2.41. The number of amides is 1. The molecule has 90 valence electrons. The molecule has 0 fully saturated rings. The van der Waals surface area contributed by atoms with Crippen molar-refractivity contribution in [1.82, 2.24) is 9.78 Å². The fraction of sp³-hybridized carbons (Fsp3) is 0.636. The number of unbranched alkanes of at least 4 members (excludes halogenated alkanes) is 3. The van der Waals surface area contributed by atoms with Crippen LogP contribution in [0.4, 0.5) is 5.82 Å². The smallest absolute Gasteiger partial charge is 0.225 e. The summed E-state index contributed by atoms with van der Waals surface area (Å²) in [6.45, 7) is 2.16. The first-order valence-electron chi connectivity index (χ1n) is 5.62.